The van der Waals surface area contributed by atoms with E-state index in [0.717, 1.165) is 6.92 Å². The molecule has 0 radical (unpaired) electrons. The normalized spacial score (nSPS) is 13.5. The van der Waals surface area contributed by atoms with Crippen LogP contribution in [-0.4, -0.2) is 24.5 Å². The molecule has 0 bridgehead atoms. The van der Waals surface area contributed by atoms with Crippen LogP contribution in [-0.2, 0) is 5.92 Å². The highest BCUT2D eigenvalue weighted by atomic mass is 79.9. The van der Waals surface area contributed by atoms with Gasteiger partial charge in [-0.2, -0.15) is 0 Å². The van der Waals surface area contributed by atoms with Crippen molar-refractivity contribution in [2.24, 2.45) is 0 Å². The maximum atomic E-state index is 13.3. The molecule has 0 aliphatic carbocycles. The van der Waals surface area contributed by atoms with Crippen molar-refractivity contribution in [2.45, 2.75) is 19.0 Å². The molecule has 1 unspecified atom stereocenters. The molecule has 1 N–H and O–H groups in total. The van der Waals surface area contributed by atoms with E-state index in [4.69, 9.17) is 9.84 Å². The fourth-order valence-corrected chi connectivity index (χ4v) is 1.61. The number of hydrogen-bond acceptors (Lipinski definition) is 2. The van der Waals surface area contributed by atoms with Crippen molar-refractivity contribution < 1.29 is 23.0 Å². The van der Waals surface area contributed by atoms with Crippen molar-refractivity contribution in [3.63, 3.8) is 0 Å². The lowest BCUT2D eigenvalue weighted by Crippen LogP contribution is -2.24. The SMILES string of the molecule is CC(F)(F)c1cc(Br)ccc1OC(CO)CF. The molecule has 0 saturated heterocycles. The third-order valence-corrected chi connectivity index (χ3v) is 2.58. The van der Waals surface area contributed by atoms with Crippen LogP contribution >= 0.6 is 15.9 Å². The van der Waals surface area contributed by atoms with Crippen molar-refractivity contribution >= 4 is 15.9 Å². The number of rotatable bonds is 5. The molecular formula is C11H12BrF3O2. The van der Waals surface area contributed by atoms with Crippen molar-refractivity contribution in [1.29, 1.82) is 0 Å². The Hall–Kier alpha value is -0.750. The first kappa shape index (κ1) is 14.3. The number of benzene rings is 1. The summed E-state index contributed by atoms with van der Waals surface area (Å²) in [7, 11) is 0. The standard InChI is InChI=1S/C11H12BrF3O2/c1-11(14,15)9-4-7(12)2-3-10(9)17-8(5-13)6-16/h2-4,8,16H,5-6H2,1H3. The van der Waals surface area contributed by atoms with Gasteiger partial charge in [-0.05, 0) is 18.2 Å². The lowest BCUT2D eigenvalue weighted by atomic mass is 10.1. The predicted octanol–water partition coefficient (Wildman–Crippen LogP) is 3.27. The molecule has 0 spiro atoms. The summed E-state index contributed by atoms with van der Waals surface area (Å²) in [5, 5.41) is 8.77. The molecule has 0 heterocycles. The molecule has 1 aromatic carbocycles. The molecule has 1 rings (SSSR count). The highest BCUT2D eigenvalue weighted by Crippen LogP contribution is 2.36. The van der Waals surface area contributed by atoms with Crippen LogP contribution in [0.25, 0.3) is 0 Å². The minimum atomic E-state index is -3.10. The molecule has 1 aromatic rings. The molecule has 2 nitrogen and oxygen atoms in total. The zero-order chi connectivity index (χ0) is 13.1. The van der Waals surface area contributed by atoms with Gasteiger partial charge in [-0.25, -0.2) is 13.2 Å². The maximum absolute atomic E-state index is 13.3. The molecular weight excluding hydrogens is 301 g/mol. The summed E-state index contributed by atoms with van der Waals surface area (Å²) in [6.07, 6.45) is -1.13. The number of aliphatic hydroxyl groups excluding tert-OH is 1. The topological polar surface area (TPSA) is 29.5 Å². The van der Waals surface area contributed by atoms with E-state index < -0.39 is 25.3 Å². The van der Waals surface area contributed by atoms with Gasteiger partial charge < -0.3 is 9.84 Å². The molecule has 0 aromatic heterocycles. The molecule has 96 valence electrons. The minimum absolute atomic E-state index is 0.127. The Labute approximate surface area is 106 Å². The first-order valence-electron chi connectivity index (χ1n) is 4.89. The van der Waals surface area contributed by atoms with Crippen molar-refractivity contribution in [3.8, 4) is 5.75 Å². The average Bonchev–Trinajstić information content (AvgIpc) is 2.26. The van der Waals surface area contributed by atoms with Gasteiger partial charge in [0.2, 0.25) is 0 Å². The summed E-state index contributed by atoms with van der Waals surface area (Å²) in [4.78, 5) is 0. The molecule has 0 fully saturated rings. The zero-order valence-corrected chi connectivity index (χ0v) is 10.7. The molecule has 1 atom stereocenters. The van der Waals surface area contributed by atoms with E-state index in [2.05, 4.69) is 15.9 Å². The van der Waals surface area contributed by atoms with Gasteiger partial charge >= 0.3 is 0 Å². The smallest absolute Gasteiger partial charge is 0.274 e. The summed E-state index contributed by atoms with van der Waals surface area (Å²) < 4.78 is 44.4. The molecule has 0 aliphatic rings. The molecule has 0 aliphatic heterocycles. The van der Waals surface area contributed by atoms with Crippen LogP contribution < -0.4 is 4.74 Å². The number of ether oxygens (including phenoxy) is 1. The minimum Gasteiger partial charge on any atom is -0.485 e. The van der Waals surface area contributed by atoms with E-state index in [1.165, 1.54) is 18.2 Å². The predicted molar refractivity (Wildman–Crippen MR) is 61.2 cm³/mol. The molecule has 17 heavy (non-hydrogen) atoms. The largest absolute Gasteiger partial charge is 0.485 e. The second-order valence-electron chi connectivity index (χ2n) is 3.61. The van der Waals surface area contributed by atoms with E-state index in [1.807, 2.05) is 0 Å². The van der Waals surface area contributed by atoms with Crippen LogP contribution in [0.2, 0.25) is 0 Å². The van der Waals surface area contributed by atoms with E-state index >= 15 is 0 Å². The summed E-state index contributed by atoms with van der Waals surface area (Å²) in [6.45, 7) is -0.784. The first-order valence-corrected chi connectivity index (χ1v) is 5.69. The zero-order valence-electron chi connectivity index (χ0n) is 9.09. The number of alkyl halides is 3. The van der Waals surface area contributed by atoms with Crippen LogP contribution in [0, 0.1) is 0 Å². The third kappa shape index (κ3) is 3.89. The van der Waals surface area contributed by atoms with Crippen LogP contribution in [0.4, 0.5) is 13.2 Å². The summed E-state index contributed by atoms with van der Waals surface area (Å²) in [5.74, 6) is -3.23. The van der Waals surface area contributed by atoms with Gasteiger partial charge in [-0.1, -0.05) is 15.9 Å². The van der Waals surface area contributed by atoms with Crippen molar-refractivity contribution in [1.82, 2.24) is 0 Å². The summed E-state index contributed by atoms with van der Waals surface area (Å²) in [6, 6.07) is 4.04. The summed E-state index contributed by atoms with van der Waals surface area (Å²) in [5.41, 5.74) is -0.348. The lowest BCUT2D eigenvalue weighted by molar-refractivity contribution is 0.0104. The molecule has 0 amide bonds. The Morgan fingerprint density at radius 2 is 2.12 bits per heavy atom. The van der Waals surface area contributed by atoms with Gasteiger partial charge in [0, 0.05) is 11.4 Å². The highest BCUT2D eigenvalue weighted by molar-refractivity contribution is 9.10. The van der Waals surface area contributed by atoms with Crippen LogP contribution in [0.1, 0.15) is 12.5 Å². The lowest BCUT2D eigenvalue weighted by Gasteiger charge is -2.20. The maximum Gasteiger partial charge on any atom is 0.274 e. The van der Waals surface area contributed by atoms with Gasteiger partial charge in [0.15, 0.2) is 0 Å². The Morgan fingerprint density at radius 1 is 1.47 bits per heavy atom. The summed E-state index contributed by atoms with van der Waals surface area (Å²) >= 11 is 3.08. The van der Waals surface area contributed by atoms with Crippen LogP contribution in [0.15, 0.2) is 22.7 Å². The highest BCUT2D eigenvalue weighted by Gasteiger charge is 2.29. The monoisotopic (exact) mass is 312 g/mol. The van der Waals surface area contributed by atoms with Crippen LogP contribution in [0.3, 0.4) is 0 Å². The molecule has 6 heteroatoms. The van der Waals surface area contributed by atoms with Gasteiger partial charge in [0.25, 0.3) is 5.92 Å². The first-order chi connectivity index (χ1) is 7.88. The Bertz CT molecular complexity index is 375. The van der Waals surface area contributed by atoms with E-state index in [1.54, 1.807) is 0 Å². The van der Waals surface area contributed by atoms with Crippen molar-refractivity contribution in [2.75, 3.05) is 13.3 Å². The third-order valence-electron chi connectivity index (χ3n) is 2.08. The quantitative estimate of drug-likeness (QED) is 0.904. The second kappa shape index (κ2) is 5.73. The number of halogens is 4. The van der Waals surface area contributed by atoms with Gasteiger partial charge in [0.05, 0.1) is 12.2 Å². The van der Waals surface area contributed by atoms with Crippen LogP contribution in [0.5, 0.6) is 5.75 Å². The second-order valence-corrected chi connectivity index (χ2v) is 4.52. The fraction of sp³-hybridized carbons (Fsp3) is 0.455. The fourth-order valence-electron chi connectivity index (χ4n) is 1.25. The van der Waals surface area contributed by atoms with E-state index in [-0.39, 0.29) is 11.3 Å². The van der Waals surface area contributed by atoms with E-state index in [9.17, 15) is 13.2 Å². The Balaban J connectivity index is 3.06. The Kier molecular flexibility index (Phi) is 4.82. The number of hydrogen-bond donors (Lipinski definition) is 1. The van der Waals surface area contributed by atoms with Gasteiger partial charge in [-0.15, -0.1) is 0 Å². The average molecular weight is 313 g/mol. The van der Waals surface area contributed by atoms with Gasteiger partial charge in [-0.3, -0.25) is 0 Å². The van der Waals surface area contributed by atoms with Crippen molar-refractivity contribution in [3.05, 3.63) is 28.2 Å². The Morgan fingerprint density at radius 3 is 2.59 bits per heavy atom. The van der Waals surface area contributed by atoms with E-state index in [0.29, 0.717) is 4.47 Å². The molecule has 0 saturated carbocycles. The van der Waals surface area contributed by atoms with Gasteiger partial charge in [0.1, 0.15) is 18.5 Å². The number of aliphatic hydroxyl groups is 1.